The zero-order valence-electron chi connectivity index (χ0n) is 14.4. The Bertz CT molecular complexity index is 970. The van der Waals surface area contributed by atoms with E-state index in [1.807, 2.05) is 54.6 Å². The van der Waals surface area contributed by atoms with Crippen molar-refractivity contribution in [3.63, 3.8) is 0 Å². The van der Waals surface area contributed by atoms with Gasteiger partial charge in [-0.25, -0.2) is 0 Å². The van der Waals surface area contributed by atoms with Gasteiger partial charge in [0.15, 0.2) is 0 Å². The fourth-order valence-corrected chi connectivity index (χ4v) is 3.71. The smallest absolute Gasteiger partial charge is 0.126 e. The Morgan fingerprint density at radius 3 is 2.37 bits per heavy atom. The minimum absolute atomic E-state index is 0.0389. The highest BCUT2D eigenvalue weighted by molar-refractivity contribution is 9.10. The molecule has 1 aliphatic rings. The number of nitrogens with one attached hydrogen (secondary N) is 1. The minimum Gasteiger partial charge on any atom is -0.508 e. The third kappa shape index (κ3) is 4.08. The van der Waals surface area contributed by atoms with Gasteiger partial charge < -0.3 is 5.11 Å². The number of halogens is 2. The molecule has 0 fully saturated rings. The van der Waals surface area contributed by atoms with Gasteiger partial charge in [-0.2, -0.15) is 0 Å². The van der Waals surface area contributed by atoms with Gasteiger partial charge in [0.25, 0.3) is 0 Å². The maximum absolute atomic E-state index is 10.3. The molecule has 1 heterocycles. The molecular weight excluding hydrogens is 424 g/mol. The van der Waals surface area contributed by atoms with Crippen LogP contribution in [0, 0.1) is 0 Å². The van der Waals surface area contributed by atoms with Crippen LogP contribution in [0.3, 0.4) is 0 Å². The summed E-state index contributed by atoms with van der Waals surface area (Å²) in [5, 5.41) is 14.6. The fraction of sp³-hybridized carbons (Fsp3) is 0.136. The monoisotopic (exact) mass is 440 g/mol. The predicted octanol–water partition coefficient (Wildman–Crippen LogP) is 6.03. The number of benzene rings is 3. The minimum atomic E-state index is -0.192. The zero-order valence-corrected chi connectivity index (χ0v) is 16.8. The van der Waals surface area contributed by atoms with Crippen molar-refractivity contribution in [2.75, 3.05) is 0 Å². The van der Waals surface area contributed by atoms with E-state index in [2.05, 4.69) is 33.4 Å². The standard InChI is InChI=1S/C22H18BrClN2O/c23-16-9-5-15(6-10-16)22-25-19(14-7-11-17(24)12-8-14)13-20(26-22)18-3-1-2-4-21(18)27/h1-12,20,22,26-27H,13H2. The molecule has 0 saturated carbocycles. The Kier molecular flexibility index (Phi) is 5.30. The number of aliphatic imine (C=N–C) groups is 1. The third-order valence-electron chi connectivity index (χ3n) is 4.72. The van der Waals surface area contributed by atoms with Gasteiger partial charge in [-0.15, -0.1) is 0 Å². The van der Waals surface area contributed by atoms with E-state index in [0.717, 1.165) is 26.9 Å². The summed E-state index contributed by atoms with van der Waals surface area (Å²) in [6.07, 6.45) is 0.494. The molecule has 2 N–H and O–H groups in total. The van der Waals surface area contributed by atoms with Gasteiger partial charge in [0, 0.05) is 33.2 Å². The number of phenolic OH excluding ortho intramolecular Hbond substituents is 1. The molecule has 27 heavy (non-hydrogen) atoms. The van der Waals surface area contributed by atoms with E-state index in [4.69, 9.17) is 16.6 Å². The topological polar surface area (TPSA) is 44.6 Å². The molecule has 0 aliphatic carbocycles. The summed E-state index contributed by atoms with van der Waals surface area (Å²) in [6.45, 7) is 0. The van der Waals surface area contributed by atoms with E-state index < -0.39 is 0 Å². The maximum Gasteiger partial charge on any atom is 0.126 e. The lowest BCUT2D eigenvalue weighted by atomic mass is 9.93. The summed E-state index contributed by atoms with van der Waals surface area (Å²) in [7, 11) is 0. The molecule has 4 rings (SSSR count). The van der Waals surface area contributed by atoms with Crippen molar-refractivity contribution in [3.05, 3.63) is 99.0 Å². The lowest BCUT2D eigenvalue weighted by Gasteiger charge is -2.31. The van der Waals surface area contributed by atoms with Crippen LogP contribution in [0.25, 0.3) is 0 Å². The molecule has 3 aromatic carbocycles. The number of phenols is 1. The first-order valence-corrected chi connectivity index (χ1v) is 9.89. The molecule has 0 amide bonds. The second-order valence-electron chi connectivity index (χ2n) is 6.52. The number of hydrogen-bond acceptors (Lipinski definition) is 3. The average molecular weight is 442 g/mol. The molecule has 3 nitrogen and oxygen atoms in total. The largest absolute Gasteiger partial charge is 0.508 e. The van der Waals surface area contributed by atoms with E-state index in [1.165, 1.54) is 0 Å². The highest BCUT2D eigenvalue weighted by Gasteiger charge is 2.27. The summed E-state index contributed by atoms with van der Waals surface area (Å²) in [6, 6.07) is 23.3. The second kappa shape index (κ2) is 7.85. The van der Waals surface area contributed by atoms with Crippen LogP contribution >= 0.6 is 27.5 Å². The summed E-state index contributed by atoms with van der Waals surface area (Å²) >= 11 is 9.53. The van der Waals surface area contributed by atoms with Crippen molar-refractivity contribution in [3.8, 4) is 5.75 Å². The number of aromatic hydroxyl groups is 1. The fourth-order valence-electron chi connectivity index (χ4n) is 3.32. The first kappa shape index (κ1) is 18.2. The lowest BCUT2D eigenvalue weighted by molar-refractivity contribution is 0.412. The molecule has 3 aromatic rings. The molecule has 5 heteroatoms. The number of hydrogen-bond donors (Lipinski definition) is 2. The van der Waals surface area contributed by atoms with Crippen molar-refractivity contribution >= 4 is 33.2 Å². The van der Waals surface area contributed by atoms with Crippen molar-refractivity contribution in [2.24, 2.45) is 4.99 Å². The lowest BCUT2D eigenvalue weighted by Crippen LogP contribution is -2.33. The van der Waals surface area contributed by atoms with Crippen LogP contribution in [-0.4, -0.2) is 10.8 Å². The highest BCUT2D eigenvalue weighted by atomic mass is 79.9. The van der Waals surface area contributed by atoms with Crippen LogP contribution in [0.5, 0.6) is 5.75 Å². The van der Waals surface area contributed by atoms with Crippen LogP contribution in [0.4, 0.5) is 0 Å². The van der Waals surface area contributed by atoms with E-state index >= 15 is 0 Å². The SMILES string of the molecule is Oc1ccccc1C1CC(c2ccc(Cl)cc2)=NC(c2ccc(Br)cc2)N1. The van der Waals surface area contributed by atoms with E-state index in [1.54, 1.807) is 6.07 Å². The Labute approximate surface area is 171 Å². The first-order valence-electron chi connectivity index (χ1n) is 8.72. The van der Waals surface area contributed by atoms with Crippen LogP contribution in [0.2, 0.25) is 5.02 Å². The molecule has 2 atom stereocenters. The predicted molar refractivity (Wildman–Crippen MR) is 113 cm³/mol. The summed E-state index contributed by atoms with van der Waals surface area (Å²) in [5.41, 5.74) is 3.99. The van der Waals surface area contributed by atoms with Crippen LogP contribution in [0.1, 0.15) is 35.3 Å². The summed E-state index contributed by atoms with van der Waals surface area (Å²) in [5.74, 6) is 0.293. The van der Waals surface area contributed by atoms with Crippen molar-refractivity contribution in [1.82, 2.24) is 5.32 Å². The normalized spacial score (nSPS) is 19.6. The Morgan fingerprint density at radius 2 is 1.67 bits per heavy atom. The third-order valence-corrected chi connectivity index (χ3v) is 5.50. The van der Waals surface area contributed by atoms with Gasteiger partial charge in [-0.1, -0.05) is 70.0 Å². The molecule has 136 valence electrons. The van der Waals surface area contributed by atoms with Crippen molar-refractivity contribution < 1.29 is 5.11 Å². The Hall–Kier alpha value is -2.14. The number of para-hydroxylation sites is 1. The highest BCUT2D eigenvalue weighted by Crippen LogP contribution is 2.34. The Balaban J connectivity index is 1.75. The zero-order chi connectivity index (χ0) is 18.8. The molecule has 0 radical (unpaired) electrons. The van der Waals surface area contributed by atoms with Gasteiger partial charge in [-0.3, -0.25) is 10.3 Å². The van der Waals surface area contributed by atoms with Gasteiger partial charge >= 0.3 is 0 Å². The van der Waals surface area contributed by atoms with Crippen LogP contribution < -0.4 is 5.32 Å². The first-order chi connectivity index (χ1) is 13.1. The molecule has 0 bridgehead atoms. The molecule has 0 saturated heterocycles. The van der Waals surface area contributed by atoms with Crippen molar-refractivity contribution in [2.45, 2.75) is 18.6 Å². The van der Waals surface area contributed by atoms with Crippen LogP contribution in [0.15, 0.2) is 82.3 Å². The van der Waals surface area contributed by atoms with E-state index in [0.29, 0.717) is 17.2 Å². The van der Waals surface area contributed by atoms with Gasteiger partial charge in [-0.05, 0) is 41.5 Å². The summed E-state index contributed by atoms with van der Waals surface area (Å²) in [4.78, 5) is 4.95. The maximum atomic E-state index is 10.3. The molecule has 0 spiro atoms. The second-order valence-corrected chi connectivity index (χ2v) is 7.87. The van der Waals surface area contributed by atoms with Crippen molar-refractivity contribution in [1.29, 1.82) is 0 Å². The quantitative estimate of drug-likeness (QED) is 0.521. The summed E-state index contributed by atoms with van der Waals surface area (Å²) < 4.78 is 1.03. The molecule has 2 unspecified atom stereocenters. The average Bonchev–Trinajstić information content (AvgIpc) is 2.69. The van der Waals surface area contributed by atoms with Crippen LogP contribution in [-0.2, 0) is 0 Å². The number of nitrogens with zero attached hydrogens (tertiary/aromatic N) is 1. The van der Waals surface area contributed by atoms with Gasteiger partial charge in [0.2, 0.25) is 0 Å². The van der Waals surface area contributed by atoms with E-state index in [9.17, 15) is 5.11 Å². The number of rotatable bonds is 3. The molecule has 1 aliphatic heterocycles. The van der Waals surface area contributed by atoms with Gasteiger partial charge in [0.1, 0.15) is 11.9 Å². The molecule has 0 aromatic heterocycles. The van der Waals surface area contributed by atoms with Gasteiger partial charge in [0.05, 0.1) is 0 Å². The Morgan fingerprint density at radius 1 is 0.963 bits per heavy atom. The molecular formula is C22H18BrClN2O. The van der Waals surface area contributed by atoms with E-state index in [-0.39, 0.29) is 12.2 Å².